The van der Waals surface area contributed by atoms with Gasteiger partial charge in [0.2, 0.25) is 0 Å². The van der Waals surface area contributed by atoms with E-state index in [0.29, 0.717) is 11.8 Å². The second-order valence-corrected chi connectivity index (χ2v) is 4.59. The predicted octanol–water partition coefficient (Wildman–Crippen LogP) is 4.88. The van der Waals surface area contributed by atoms with Crippen molar-refractivity contribution in [2.75, 3.05) is 5.88 Å². The Bertz CT molecular complexity index is 484. The Morgan fingerprint density at radius 2 is 1.88 bits per heavy atom. The molecule has 0 aliphatic rings. The molecule has 2 aromatic rings. The maximum Gasteiger partial charge on any atom is 0.0292 e. The average molecular weight is 233 g/mol. The second kappa shape index (κ2) is 4.88. The van der Waals surface area contributed by atoms with Crippen LogP contribution in [0.4, 0.5) is 0 Å². The minimum atomic E-state index is 0.466. The summed E-state index contributed by atoms with van der Waals surface area (Å²) >= 11 is 6.07. The molecule has 0 radical (unpaired) electrons. The van der Waals surface area contributed by atoms with Crippen molar-refractivity contribution in [3.05, 3.63) is 47.5 Å². The maximum atomic E-state index is 6.07. The number of benzene rings is 2. The molecule has 0 N–H and O–H groups in total. The van der Waals surface area contributed by atoms with E-state index in [1.54, 1.807) is 0 Å². The lowest BCUT2D eigenvalue weighted by molar-refractivity contribution is 0.741. The quantitative estimate of drug-likeness (QED) is 0.662. The molecule has 16 heavy (non-hydrogen) atoms. The van der Waals surface area contributed by atoms with Crippen molar-refractivity contribution in [2.45, 2.75) is 26.2 Å². The van der Waals surface area contributed by atoms with Crippen LogP contribution >= 0.6 is 11.6 Å². The summed E-state index contributed by atoms with van der Waals surface area (Å²) in [5.74, 6) is 1.17. The number of hydrogen-bond donors (Lipinski definition) is 0. The summed E-state index contributed by atoms with van der Waals surface area (Å²) in [7, 11) is 0. The molecule has 0 amide bonds. The van der Waals surface area contributed by atoms with E-state index < -0.39 is 0 Å². The first-order valence-electron chi connectivity index (χ1n) is 5.82. The normalized spacial score (nSPS) is 12.9. The third-order valence-corrected chi connectivity index (χ3v) is 3.65. The summed E-state index contributed by atoms with van der Waals surface area (Å²) in [6.45, 7) is 4.38. The number of aryl methyl sites for hydroxylation is 1. The topological polar surface area (TPSA) is 0 Å². The van der Waals surface area contributed by atoms with Gasteiger partial charge in [0.25, 0.3) is 0 Å². The van der Waals surface area contributed by atoms with Gasteiger partial charge in [-0.2, -0.15) is 0 Å². The summed E-state index contributed by atoms with van der Waals surface area (Å²) in [5, 5.41) is 2.67. The zero-order valence-electron chi connectivity index (χ0n) is 9.83. The van der Waals surface area contributed by atoms with Crippen LogP contribution in [0.2, 0.25) is 0 Å². The Kier molecular flexibility index (Phi) is 3.50. The van der Waals surface area contributed by atoms with E-state index in [4.69, 9.17) is 11.6 Å². The first-order valence-corrected chi connectivity index (χ1v) is 6.35. The highest BCUT2D eigenvalue weighted by atomic mass is 35.5. The van der Waals surface area contributed by atoms with Crippen LogP contribution in [0.5, 0.6) is 0 Å². The Hall–Kier alpha value is -1.01. The highest BCUT2D eigenvalue weighted by Crippen LogP contribution is 2.31. The van der Waals surface area contributed by atoms with Crippen LogP contribution in [-0.2, 0) is 0 Å². The average Bonchev–Trinajstić information content (AvgIpc) is 2.33. The molecule has 0 fully saturated rings. The Labute approximate surface area is 102 Å². The maximum absolute atomic E-state index is 6.07. The van der Waals surface area contributed by atoms with Gasteiger partial charge in [0, 0.05) is 5.88 Å². The van der Waals surface area contributed by atoms with E-state index in [1.165, 1.54) is 21.9 Å². The predicted molar refractivity (Wildman–Crippen MR) is 72.4 cm³/mol. The van der Waals surface area contributed by atoms with Crippen molar-refractivity contribution in [1.82, 2.24) is 0 Å². The zero-order valence-corrected chi connectivity index (χ0v) is 10.6. The van der Waals surface area contributed by atoms with E-state index >= 15 is 0 Å². The second-order valence-electron chi connectivity index (χ2n) is 4.28. The monoisotopic (exact) mass is 232 g/mol. The van der Waals surface area contributed by atoms with Gasteiger partial charge in [-0.05, 0) is 41.2 Å². The molecule has 0 spiro atoms. The van der Waals surface area contributed by atoms with Gasteiger partial charge < -0.3 is 0 Å². The molecular weight excluding hydrogens is 216 g/mol. The van der Waals surface area contributed by atoms with Crippen LogP contribution in [0.15, 0.2) is 36.4 Å². The molecule has 0 aliphatic carbocycles. The standard InChI is InChI=1S/C15H17Cl/c1-3-12(10-16)15-11(2)8-9-13-6-4-5-7-14(13)15/h4-9,12H,3,10H2,1-2H3/t12-/m0/s1. The van der Waals surface area contributed by atoms with Gasteiger partial charge >= 0.3 is 0 Å². The number of hydrogen-bond acceptors (Lipinski definition) is 0. The lowest BCUT2D eigenvalue weighted by atomic mass is 9.89. The van der Waals surface area contributed by atoms with Gasteiger partial charge in [-0.25, -0.2) is 0 Å². The molecule has 0 saturated heterocycles. The fraction of sp³-hybridized carbons (Fsp3) is 0.333. The van der Waals surface area contributed by atoms with Crippen LogP contribution in [0, 0.1) is 6.92 Å². The van der Waals surface area contributed by atoms with Crippen LogP contribution in [-0.4, -0.2) is 5.88 Å². The third kappa shape index (κ3) is 1.94. The Morgan fingerprint density at radius 3 is 2.56 bits per heavy atom. The molecule has 0 unspecified atom stereocenters. The van der Waals surface area contributed by atoms with Gasteiger partial charge in [-0.3, -0.25) is 0 Å². The molecule has 84 valence electrons. The van der Waals surface area contributed by atoms with E-state index in [1.807, 2.05) is 0 Å². The fourth-order valence-electron chi connectivity index (χ4n) is 2.34. The van der Waals surface area contributed by atoms with Gasteiger partial charge in [0.1, 0.15) is 0 Å². The summed E-state index contributed by atoms with van der Waals surface area (Å²) in [4.78, 5) is 0. The lowest BCUT2D eigenvalue weighted by Crippen LogP contribution is -2.02. The molecule has 0 saturated carbocycles. The van der Waals surface area contributed by atoms with Crippen LogP contribution < -0.4 is 0 Å². The molecule has 0 heterocycles. The van der Waals surface area contributed by atoms with Gasteiger partial charge in [-0.1, -0.05) is 43.3 Å². The largest absolute Gasteiger partial charge is 0.126 e. The van der Waals surface area contributed by atoms with Crippen LogP contribution in [0.1, 0.15) is 30.4 Å². The molecule has 2 rings (SSSR count). The summed E-state index contributed by atoms with van der Waals surface area (Å²) < 4.78 is 0. The highest BCUT2D eigenvalue weighted by molar-refractivity contribution is 6.18. The van der Waals surface area contributed by atoms with Crippen molar-refractivity contribution < 1.29 is 0 Å². The lowest BCUT2D eigenvalue weighted by Gasteiger charge is -2.17. The van der Waals surface area contributed by atoms with E-state index in [-0.39, 0.29) is 0 Å². The van der Waals surface area contributed by atoms with Crippen molar-refractivity contribution in [3.63, 3.8) is 0 Å². The summed E-state index contributed by atoms with van der Waals surface area (Å²) in [5.41, 5.74) is 2.78. The molecule has 0 bridgehead atoms. The highest BCUT2D eigenvalue weighted by Gasteiger charge is 2.13. The van der Waals surface area contributed by atoms with Crippen LogP contribution in [0.3, 0.4) is 0 Å². The van der Waals surface area contributed by atoms with Gasteiger partial charge in [0.05, 0.1) is 0 Å². The smallest absolute Gasteiger partial charge is 0.0292 e. The van der Waals surface area contributed by atoms with Gasteiger partial charge in [0.15, 0.2) is 0 Å². The van der Waals surface area contributed by atoms with E-state index in [9.17, 15) is 0 Å². The Balaban J connectivity index is 2.69. The van der Waals surface area contributed by atoms with Crippen molar-refractivity contribution in [1.29, 1.82) is 0 Å². The zero-order chi connectivity index (χ0) is 11.5. The summed E-state index contributed by atoms with van der Waals surface area (Å²) in [6.07, 6.45) is 1.10. The minimum Gasteiger partial charge on any atom is -0.126 e. The van der Waals surface area contributed by atoms with E-state index in [0.717, 1.165) is 6.42 Å². The molecular formula is C15H17Cl. The first-order chi connectivity index (χ1) is 7.77. The summed E-state index contributed by atoms with van der Waals surface area (Å²) in [6, 6.07) is 12.9. The van der Waals surface area contributed by atoms with Crippen molar-refractivity contribution in [3.8, 4) is 0 Å². The van der Waals surface area contributed by atoms with Crippen molar-refractivity contribution >= 4 is 22.4 Å². The molecule has 0 nitrogen and oxygen atoms in total. The number of fused-ring (bicyclic) bond motifs is 1. The number of alkyl halides is 1. The number of rotatable bonds is 3. The molecule has 1 atom stereocenters. The molecule has 1 heteroatoms. The van der Waals surface area contributed by atoms with Crippen molar-refractivity contribution in [2.24, 2.45) is 0 Å². The molecule has 0 aliphatic heterocycles. The minimum absolute atomic E-state index is 0.466. The Morgan fingerprint density at radius 1 is 1.12 bits per heavy atom. The third-order valence-electron chi connectivity index (χ3n) is 3.28. The molecule has 0 aromatic heterocycles. The number of halogens is 1. The fourth-order valence-corrected chi connectivity index (χ4v) is 2.71. The van der Waals surface area contributed by atoms with E-state index in [2.05, 4.69) is 50.2 Å². The van der Waals surface area contributed by atoms with Crippen LogP contribution in [0.25, 0.3) is 10.8 Å². The SMILES string of the molecule is CC[C@@H](CCl)c1c(C)ccc2ccccc12. The van der Waals surface area contributed by atoms with Gasteiger partial charge in [-0.15, -0.1) is 11.6 Å². The molecule has 2 aromatic carbocycles. The first kappa shape index (κ1) is 11.5.